The van der Waals surface area contributed by atoms with E-state index in [1.54, 1.807) is 7.11 Å². The molecule has 2 N–H and O–H groups in total. The van der Waals surface area contributed by atoms with Gasteiger partial charge in [-0.25, -0.2) is 0 Å². The van der Waals surface area contributed by atoms with Gasteiger partial charge in [0.15, 0.2) is 0 Å². The van der Waals surface area contributed by atoms with Gasteiger partial charge in [-0.3, -0.25) is 0 Å². The quantitative estimate of drug-likeness (QED) is 0.909. The van der Waals surface area contributed by atoms with E-state index in [1.165, 1.54) is 5.56 Å². The van der Waals surface area contributed by atoms with Crippen LogP contribution in [-0.4, -0.2) is 7.11 Å². The number of rotatable bonds is 4. The molecule has 2 aromatic rings. The number of hydrogen-bond donors (Lipinski definition) is 1. The van der Waals surface area contributed by atoms with Crippen molar-refractivity contribution in [2.45, 2.75) is 26.8 Å². The summed E-state index contributed by atoms with van der Waals surface area (Å²) in [7, 11) is 1.64. The first-order chi connectivity index (χ1) is 9.54. The number of benzene rings is 2. The Morgan fingerprint density at radius 3 is 2.20 bits per heavy atom. The van der Waals surface area contributed by atoms with Crippen LogP contribution in [0.1, 0.15) is 29.7 Å². The fraction of sp³-hybridized carbons (Fsp3) is 0.294. The molecule has 106 valence electrons. The Bertz CT molecular complexity index is 606. The van der Waals surface area contributed by atoms with Gasteiger partial charge in [-0.15, -0.1) is 0 Å². The second-order valence-electron chi connectivity index (χ2n) is 4.96. The topological polar surface area (TPSA) is 44.5 Å². The van der Waals surface area contributed by atoms with Crippen LogP contribution in [0.25, 0.3) is 0 Å². The van der Waals surface area contributed by atoms with Crippen molar-refractivity contribution in [1.29, 1.82) is 0 Å². The van der Waals surface area contributed by atoms with Crippen LogP contribution in [0.15, 0.2) is 36.4 Å². The van der Waals surface area contributed by atoms with Crippen molar-refractivity contribution >= 4 is 0 Å². The second-order valence-corrected chi connectivity index (χ2v) is 4.96. The molecule has 2 rings (SSSR count). The molecule has 2 aromatic carbocycles. The molecule has 3 nitrogen and oxygen atoms in total. The van der Waals surface area contributed by atoms with E-state index in [0.29, 0.717) is 0 Å². The van der Waals surface area contributed by atoms with Crippen LogP contribution < -0.4 is 15.2 Å². The van der Waals surface area contributed by atoms with Crippen molar-refractivity contribution in [2.24, 2.45) is 5.73 Å². The lowest BCUT2D eigenvalue weighted by Gasteiger charge is -2.18. The summed E-state index contributed by atoms with van der Waals surface area (Å²) in [4.78, 5) is 0. The average Bonchev–Trinajstić information content (AvgIpc) is 2.43. The first kappa shape index (κ1) is 14.4. The van der Waals surface area contributed by atoms with Gasteiger partial charge in [-0.05, 0) is 50.1 Å². The highest BCUT2D eigenvalue weighted by molar-refractivity contribution is 5.50. The molecule has 1 atom stereocenters. The summed E-state index contributed by atoms with van der Waals surface area (Å²) < 4.78 is 11.4. The summed E-state index contributed by atoms with van der Waals surface area (Å²) in [6, 6.07) is 11.6. The van der Waals surface area contributed by atoms with Crippen molar-refractivity contribution < 1.29 is 9.47 Å². The van der Waals surface area contributed by atoms with Gasteiger partial charge in [0, 0.05) is 6.04 Å². The molecular weight excluding hydrogens is 250 g/mol. The summed E-state index contributed by atoms with van der Waals surface area (Å²) in [5.74, 6) is 2.34. The Kier molecular flexibility index (Phi) is 4.30. The predicted molar refractivity (Wildman–Crippen MR) is 81.6 cm³/mol. The van der Waals surface area contributed by atoms with Gasteiger partial charge in [0.25, 0.3) is 0 Å². The zero-order chi connectivity index (χ0) is 14.7. The van der Waals surface area contributed by atoms with Crippen molar-refractivity contribution in [3.05, 3.63) is 53.1 Å². The van der Waals surface area contributed by atoms with E-state index >= 15 is 0 Å². The van der Waals surface area contributed by atoms with Gasteiger partial charge >= 0.3 is 0 Å². The van der Waals surface area contributed by atoms with Gasteiger partial charge in [0.1, 0.15) is 17.2 Å². The third kappa shape index (κ3) is 2.78. The maximum absolute atomic E-state index is 6.06. The number of methoxy groups -OCH3 is 1. The van der Waals surface area contributed by atoms with Crippen molar-refractivity contribution in [1.82, 2.24) is 0 Å². The molecule has 0 aliphatic heterocycles. The van der Waals surface area contributed by atoms with E-state index in [4.69, 9.17) is 15.2 Å². The third-order valence-corrected chi connectivity index (χ3v) is 3.48. The molecule has 3 heteroatoms. The van der Waals surface area contributed by atoms with E-state index in [2.05, 4.69) is 19.9 Å². The van der Waals surface area contributed by atoms with E-state index in [9.17, 15) is 0 Å². The first-order valence-electron chi connectivity index (χ1n) is 6.71. The summed E-state index contributed by atoms with van der Waals surface area (Å²) in [6.45, 7) is 6.05. The minimum Gasteiger partial charge on any atom is -0.496 e. The Balaban J connectivity index is 2.46. The molecule has 0 spiro atoms. The number of hydrogen-bond acceptors (Lipinski definition) is 3. The summed E-state index contributed by atoms with van der Waals surface area (Å²) >= 11 is 0. The zero-order valence-corrected chi connectivity index (χ0v) is 12.4. The van der Waals surface area contributed by atoms with Crippen molar-refractivity contribution in [3.8, 4) is 17.2 Å². The normalized spacial score (nSPS) is 12.1. The van der Waals surface area contributed by atoms with Crippen molar-refractivity contribution in [3.63, 3.8) is 0 Å². The zero-order valence-electron chi connectivity index (χ0n) is 12.4. The van der Waals surface area contributed by atoms with Gasteiger partial charge in [0.05, 0.1) is 12.7 Å². The maximum atomic E-state index is 6.06. The highest BCUT2D eigenvalue weighted by Crippen LogP contribution is 2.36. The van der Waals surface area contributed by atoms with Crippen LogP contribution in [0.2, 0.25) is 0 Å². The fourth-order valence-electron chi connectivity index (χ4n) is 2.19. The molecule has 0 saturated carbocycles. The molecule has 0 radical (unpaired) electrons. The molecule has 0 aliphatic carbocycles. The van der Waals surface area contributed by atoms with Crippen LogP contribution >= 0.6 is 0 Å². The van der Waals surface area contributed by atoms with Crippen LogP contribution in [-0.2, 0) is 0 Å². The van der Waals surface area contributed by atoms with E-state index in [1.807, 2.05) is 37.3 Å². The molecule has 1 unspecified atom stereocenters. The Hall–Kier alpha value is -2.00. The number of aryl methyl sites for hydroxylation is 1. The van der Waals surface area contributed by atoms with Crippen LogP contribution in [0.5, 0.6) is 17.2 Å². The Labute approximate surface area is 120 Å². The molecule has 0 bridgehead atoms. The number of ether oxygens (including phenoxy) is 2. The molecule has 0 amide bonds. The average molecular weight is 271 g/mol. The molecule has 0 fully saturated rings. The number of nitrogens with two attached hydrogens (primary N) is 1. The molecule has 0 aliphatic rings. The molecule has 20 heavy (non-hydrogen) atoms. The molecular formula is C17H21NO2. The van der Waals surface area contributed by atoms with E-state index in [-0.39, 0.29) is 6.04 Å². The molecule has 0 saturated heterocycles. The minimum absolute atomic E-state index is 0.161. The third-order valence-electron chi connectivity index (χ3n) is 3.48. The van der Waals surface area contributed by atoms with Gasteiger partial charge in [-0.1, -0.05) is 18.2 Å². The first-order valence-corrected chi connectivity index (χ1v) is 6.71. The monoisotopic (exact) mass is 271 g/mol. The Morgan fingerprint density at radius 2 is 1.55 bits per heavy atom. The molecule has 0 aromatic heterocycles. The second kappa shape index (κ2) is 5.97. The summed E-state index contributed by atoms with van der Waals surface area (Å²) in [6.07, 6.45) is 0. The summed E-state index contributed by atoms with van der Waals surface area (Å²) in [5, 5.41) is 0. The fourth-order valence-corrected chi connectivity index (χ4v) is 2.19. The lowest BCUT2D eigenvalue weighted by atomic mass is 10.1. The van der Waals surface area contributed by atoms with Crippen molar-refractivity contribution in [2.75, 3.05) is 7.11 Å². The Morgan fingerprint density at radius 1 is 0.950 bits per heavy atom. The smallest absolute Gasteiger partial charge is 0.135 e. The minimum atomic E-state index is -0.161. The van der Waals surface area contributed by atoms with Crippen LogP contribution in [0.3, 0.4) is 0 Å². The maximum Gasteiger partial charge on any atom is 0.135 e. The van der Waals surface area contributed by atoms with Crippen LogP contribution in [0.4, 0.5) is 0 Å². The largest absolute Gasteiger partial charge is 0.496 e. The standard InChI is InChI=1S/C17H21NO2/c1-11-7-5-8-14(12(11)2)20-16-10-6-9-15(19-4)17(16)13(3)18/h5-10,13H,18H2,1-4H3. The summed E-state index contributed by atoms with van der Waals surface area (Å²) in [5.41, 5.74) is 9.27. The molecule has 0 heterocycles. The lowest BCUT2D eigenvalue weighted by molar-refractivity contribution is 0.397. The van der Waals surface area contributed by atoms with E-state index in [0.717, 1.165) is 28.4 Å². The lowest BCUT2D eigenvalue weighted by Crippen LogP contribution is -2.09. The highest BCUT2D eigenvalue weighted by Gasteiger charge is 2.15. The van der Waals surface area contributed by atoms with Crippen LogP contribution in [0, 0.1) is 13.8 Å². The van der Waals surface area contributed by atoms with Gasteiger partial charge in [0.2, 0.25) is 0 Å². The predicted octanol–water partition coefficient (Wildman–Crippen LogP) is 4.12. The van der Waals surface area contributed by atoms with E-state index < -0.39 is 0 Å². The van der Waals surface area contributed by atoms with Gasteiger partial charge in [-0.2, -0.15) is 0 Å². The SMILES string of the molecule is COc1cccc(Oc2cccc(C)c2C)c1C(C)N. The van der Waals surface area contributed by atoms with Gasteiger partial charge < -0.3 is 15.2 Å². The highest BCUT2D eigenvalue weighted by atomic mass is 16.5.